The van der Waals surface area contributed by atoms with Gasteiger partial charge in [-0.1, -0.05) is 91.9 Å². The smallest absolute Gasteiger partial charge is 0.0165 e. The average molecular weight is 375 g/mol. The monoisotopic (exact) mass is 374 g/mol. The molecule has 3 aromatic carbocycles. The Kier molecular flexibility index (Phi) is 4.40. The van der Waals surface area contributed by atoms with Crippen molar-refractivity contribution in [3.63, 3.8) is 0 Å². The molecule has 0 amide bonds. The van der Waals surface area contributed by atoms with E-state index in [2.05, 4.69) is 104 Å². The van der Waals surface area contributed by atoms with Gasteiger partial charge in [0.2, 0.25) is 0 Å². The van der Waals surface area contributed by atoms with Crippen LogP contribution >= 0.6 is 0 Å². The molecule has 2 aliphatic carbocycles. The Balaban J connectivity index is 1.70. The summed E-state index contributed by atoms with van der Waals surface area (Å²) in [6.07, 6.45) is 6.76. The summed E-state index contributed by atoms with van der Waals surface area (Å²) < 4.78 is 0. The molecular formula is C29H26. The lowest BCUT2D eigenvalue weighted by Gasteiger charge is -2.42. The highest BCUT2D eigenvalue weighted by atomic mass is 14.5. The summed E-state index contributed by atoms with van der Waals surface area (Å²) in [5, 5.41) is 0. The van der Waals surface area contributed by atoms with Gasteiger partial charge in [-0.05, 0) is 52.1 Å². The van der Waals surface area contributed by atoms with Gasteiger partial charge in [0.05, 0.1) is 0 Å². The van der Waals surface area contributed by atoms with Crippen molar-refractivity contribution in [2.75, 3.05) is 0 Å². The molecule has 29 heavy (non-hydrogen) atoms. The molecule has 0 spiro atoms. The molecule has 142 valence electrons. The van der Waals surface area contributed by atoms with Gasteiger partial charge in [0.1, 0.15) is 0 Å². The standard InChI is InChI=1S/C29H26/c1-3-4-11-20-29(2,27-19-18-21-12-5-6-13-22(21)27)28-25-16-9-7-14-23(25)24-15-8-10-17-26(24)28/h5-10,12-19,27-28H,11,20H2,1-2H3. The molecule has 0 fully saturated rings. The normalized spacial score (nSPS) is 18.3. The van der Waals surface area contributed by atoms with Crippen LogP contribution in [0.1, 0.15) is 60.8 Å². The lowest BCUT2D eigenvalue weighted by atomic mass is 9.61. The number of benzene rings is 3. The van der Waals surface area contributed by atoms with E-state index in [1.165, 1.54) is 33.4 Å². The van der Waals surface area contributed by atoms with E-state index in [1.807, 2.05) is 6.92 Å². The number of hydrogen-bond acceptors (Lipinski definition) is 0. The molecule has 0 radical (unpaired) electrons. The molecule has 0 aliphatic heterocycles. The maximum absolute atomic E-state index is 3.35. The predicted octanol–water partition coefficient (Wildman–Crippen LogP) is 7.42. The van der Waals surface area contributed by atoms with Gasteiger partial charge in [-0.15, -0.1) is 11.8 Å². The van der Waals surface area contributed by atoms with Crippen molar-refractivity contribution < 1.29 is 0 Å². The van der Waals surface area contributed by atoms with E-state index >= 15 is 0 Å². The molecule has 0 heteroatoms. The van der Waals surface area contributed by atoms with Gasteiger partial charge in [-0.3, -0.25) is 0 Å². The third-order valence-electron chi connectivity index (χ3n) is 6.97. The van der Waals surface area contributed by atoms with Gasteiger partial charge in [0.25, 0.3) is 0 Å². The summed E-state index contributed by atoms with van der Waals surface area (Å²) in [6.45, 7) is 4.44. The van der Waals surface area contributed by atoms with E-state index in [1.54, 1.807) is 0 Å². The summed E-state index contributed by atoms with van der Waals surface area (Å²) in [5.41, 5.74) is 8.62. The molecular weight excluding hydrogens is 348 g/mol. The molecule has 2 atom stereocenters. The lowest BCUT2D eigenvalue weighted by Crippen LogP contribution is -2.31. The summed E-state index contributed by atoms with van der Waals surface area (Å²) in [5.74, 6) is 7.22. The molecule has 0 nitrogen and oxygen atoms in total. The number of rotatable bonds is 4. The molecule has 0 heterocycles. The largest absolute Gasteiger partial charge is 0.107 e. The second-order valence-electron chi connectivity index (χ2n) is 8.51. The van der Waals surface area contributed by atoms with Crippen molar-refractivity contribution in [3.05, 3.63) is 101 Å². The quantitative estimate of drug-likeness (QED) is 0.417. The Labute approximate surface area is 174 Å². The average Bonchev–Trinajstić information content (AvgIpc) is 3.34. The van der Waals surface area contributed by atoms with E-state index in [0.29, 0.717) is 11.8 Å². The Morgan fingerprint density at radius 3 is 2.03 bits per heavy atom. The van der Waals surface area contributed by atoms with Crippen LogP contribution in [-0.4, -0.2) is 0 Å². The third kappa shape index (κ3) is 2.77. The van der Waals surface area contributed by atoms with Crippen molar-refractivity contribution in [1.82, 2.24) is 0 Å². The van der Waals surface area contributed by atoms with Crippen LogP contribution in [0.2, 0.25) is 0 Å². The predicted molar refractivity (Wildman–Crippen MR) is 123 cm³/mol. The molecule has 2 aliphatic rings. The van der Waals surface area contributed by atoms with Crippen LogP contribution in [0.4, 0.5) is 0 Å². The maximum atomic E-state index is 3.35. The summed E-state index contributed by atoms with van der Waals surface area (Å²) in [6, 6.07) is 26.9. The van der Waals surface area contributed by atoms with E-state index in [9.17, 15) is 0 Å². The van der Waals surface area contributed by atoms with E-state index in [4.69, 9.17) is 0 Å². The minimum Gasteiger partial charge on any atom is -0.107 e. The fraction of sp³-hybridized carbons (Fsp3) is 0.241. The first-order valence-electron chi connectivity index (χ1n) is 10.6. The van der Waals surface area contributed by atoms with Crippen molar-refractivity contribution in [1.29, 1.82) is 0 Å². The van der Waals surface area contributed by atoms with Gasteiger partial charge in [0.15, 0.2) is 0 Å². The van der Waals surface area contributed by atoms with Crippen molar-refractivity contribution in [3.8, 4) is 23.0 Å². The SMILES string of the molecule is CC#CCCC(C)(C1C=Cc2ccccc21)C1c2ccccc2-c2ccccc21. The molecule has 0 N–H and O–H groups in total. The molecule has 2 unspecified atom stereocenters. The number of hydrogen-bond donors (Lipinski definition) is 0. The molecule has 0 saturated carbocycles. The highest BCUT2D eigenvalue weighted by Gasteiger charge is 2.47. The van der Waals surface area contributed by atoms with Crippen molar-refractivity contribution >= 4 is 6.08 Å². The van der Waals surface area contributed by atoms with Crippen LogP contribution in [0.15, 0.2) is 78.9 Å². The minimum absolute atomic E-state index is 0.0513. The van der Waals surface area contributed by atoms with Gasteiger partial charge < -0.3 is 0 Å². The van der Waals surface area contributed by atoms with Crippen LogP contribution in [0.3, 0.4) is 0 Å². The molecule has 3 aromatic rings. The van der Waals surface area contributed by atoms with Gasteiger partial charge in [-0.25, -0.2) is 0 Å². The number of fused-ring (bicyclic) bond motifs is 4. The summed E-state index contributed by atoms with van der Waals surface area (Å²) >= 11 is 0. The van der Waals surface area contributed by atoms with Crippen LogP contribution in [0.25, 0.3) is 17.2 Å². The Bertz CT molecular complexity index is 1110. The zero-order chi connectivity index (χ0) is 19.8. The second kappa shape index (κ2) is 7.09. The molecule has 0 bridgehead atoms. The van der Waals surface area contributed by atoms with Crippen LogP contribution in [-0.2, 0) is 0 Å². The summed E-state index contributed by atoms with van der Waals surface area (Å²) in [4.78, 5) is 0. The molecule has 0 saturated heterocycles. The third-order valence-corrected chi connectivity index (χ3v) is 6.97. The fourth-order valence-corrected chi connectivity index (χ4v) is 5.63. The zero-order valence-electron chi connectivity index (χ0n) is 17.2. The summed E-state index contributed by atoms with van der Waals surface area (Å²) in [7, 11) is 0. The highest BCUT2D eigenvalue weighted by molar-refractivity contribution is 5.79. The number of allylic oxidation sites excluding steroid dienone is 1. The zero-order valence-corrected chi connectivity index (χ0v) is 17.2. The van der Waals surface area contributed by atoms with E-state index in [0.717, 1.165) is 12.8 Å². The topological polar surface area (TPSA) is 0 Å². The Hall–Kier alpha value is -3.04. The molecule has 5 rings (SSSR count). The van der Waals surface area contributed by atoms with Gasteiger partial charge >= 0.3 is 0 Å². The van der Waals surface area contributed by atoms with Crippen molar-refractivity contribution in [2.45, 2.75) is 38.5 Å². The van der Waals surface area contributed by atoms with Gasteiger partial charge in [-0.2, -0.15) is 0 Å². The highest BCUT2D eigenvalue weighted by Crippen LogP contribution is 2.60. The van der Waals surface area contributed by atoms with E-state index < -0.39 is 0 Å². The van der Waals surface area contributed by atoms with Crippen molar-refractivity contribution in [2.24, 2.45) is 5.41 Å². The second-order valence-corrected chi connectivity index (χ2v) is 8.51. The maximum Gasteiger partial charge on any atom is 0.0165 e. The lowest BCUT2D eigenvalue weighted by molar-refractivity contribution is 0.233. The minimum atomic E-state index is 0.0513. The first-order valence-corrected chi connectivity index (χ1v) is 10.6. The first-order chi connectivity index (χ1) is 14.2. The first kappa shape index (κ1) is 18.0. The Morgan fingerprint density at radius 1 is 0.793 bits per heavy atom. The van der Waals surface area contributed by atoms with Crippen LogP contribution in [0, 0.1) is 17.3 Å². The fourth-order valence-electron chi connectivity index (χ4n) is 5.63. The van der Waals surface area contributed by atoms with Crippen LogP contribution in [0.5, 0.6) is 0 Å². The molecule has 0 aromatic heterocycles. The van der Waals surface area contributed by atoms with Gasteiger partial charge in [0, 0.05) is 18.3 Å². The Morgan fingerprint density at radius 2 is 1.38 bits per heavy atom. The van der Waals surface area contributed by atoms with Crippen LogP contribution < -0.4 is 0 Å². The van der Waals surface area contributed by atoms with E-state index in [-0.39, 0.29) is 5.41 Å².